The van der Waals surface area contributed by atoms with Gasteiger partial charge in [-0.25, -0.2) is 8.42 Å². The van der Waals surface area contributed by atoms with Crippen LogP contribution in [0.25, 0.3) is 21.9 Å². The fourth-order valence-electron chi connectivity index (χ4n) is 2.59. The highest BCUT2D eigenvalue weighted by Gasteiger charge is 2.15. The first-order chi connectivity index (χ1) is 11.4. The van der Waals surface area contributed by atoms with E-state index in [0.29, 0.717) is 16.8 Å². The van der Waals surface area contributed by atoms with Crippen LogP contribution in [0.2, 0.25) is 0 Å². The second-order valence-electron chi connectivity index (χ2n) is 5.42. The van der Waals surface area contributed by atoms with Crippen LogP contribution in [0.15, 0.2) is 54.6 Å². The normalized spacial score (nSPS) is 11.5. The van der Waals surface area contributed by atoms with Crippen LogP contribution in [-0.4, -0.2) is 24.4 Å². The van der Waals surface area contributed by atoms with Gasteiger partial charge in [-0.1, -0.05) is 30.3 Å². The zero-order valence-corrected chi connectivity index (χ0v) is 13.8. The van der Waals surface area contributed by atoms with Crippen LogP contribution in [0.3, 0.4) is 0 Å². The average molecular weight is 343 g/mol. The third kappa shape index (κ3) is 3.00. The maximum Gasteiger partial charge on any atom is 0.232 e. The van der Waals surface area contributed by atoms with Crippen LogP contribution in [0, 0.1) is 0 Å². The Labute approximate surface area is 140 Å². The smallest absolute Gasteiger partial charge is 0.232 e. The zero-order chi connectivity index (χ0) is 17.3. The Kier molecular flexibility index (Phi) is 4.07. The van der Waals surface area contributed by atoms with Gasteiger partial charge in [0.05, 0.1) is 5.75 Å². The molecule has 0 aromatic heterocycles. The van der Waals surface area contributed by atoms with Crippen molar-refractivity contribution in [2.24, 2.45) is 0 Å². The summed E-state index contributed by atoms with van der Waals surface area (Å²) in [7, 11) is -3.43. The van der Waals surface area contributed by atoms with Gasteiger partial charge in [0.25, 0.3) is 0 Å². The number of phenols is 2. The molecule has 6 heteroatoms. The molecule has 0 amide bonds. The Balaban J connectivity index is 2.22. The molecule has 3 aromatic carbocycles. The molecule has 0 spiro atoms. The third-order valence-corrected chi connectivity index (χ3v) is 5.13. The summed E-state index contributed by atoms with van der Waals surface area (Å²) in [5.74, 6) is -0.0801. The molecule has 0 aliphatic rings. The van der Waals surface area contributed by atoms with Gasteiger partial charge in [-0.05, 0) is 42.0 Å². The van der Waals surface area contributed by atoms with Gasteiger partial charge in [-0.3, -0.25) is 4.72 Å². The van der Waals surface area contributed by atoms with E-state index >= 15 is 0 Å². The molecular weight excluding hydrogens is 326 g/mol. The largest absolute Gasteiger partial charge is 0.507 e. The number of rotatable bonds is 4. The zero-order valence-electron chi connectivity index (χ0n) is 13.0. The summed E-state index contributed by atoms with van der Waals surface area (Å²) in [6.07, 6.45) is 0. The number of phenolic OH excluding ortho intramolecular Hbond substituents is 2. The van der Waals surface area contributed by atoms with Crippen molar-refractivity contribution >= 4 is 26.5 Å². The fourth-order valence-corrected chi connectivity index (χ4v) is 3.23. The number of nitrogens with one attached hydrogen (secondary N) is 1. The van der Waals surface area contributed by atoms with E-state index in [4.69, 9.17) is 0 Å². The van der Waals surface area contributed by atoms with E-state index in [1.54, 1.807) is 19.1 Å². The molecular formula is C18H17NO4S. The lowest BCUT2D eigenvalue weighted by molar-refractivity contribution is 0.470. The Morgan fingerprint density at radius 2 is 1.67 bits per heavy atom. The molecule has 0 saturated heterocycles. The minimum atomic E-state index is -3.43. The molecule has 0 fully saturated rings. The number of fused-ring (bicyclic) bond motifs is 1. The number of hydrogen-bond acceptors (Lipinski definition) is 4. The van der Waals surface area contributed by atoms with Crippen molar-refractivity contribution in [1.29, 1.82) is 0 Å². The minimum absolute atomic E-state index is 0.0134. The highest BCUT2D eigenvalue weighted by Crippen LogP contribution is 2.41. The van der Waals surface area contributed by atoms with Gasteiger partial charge in [0.2, 0.25) is 10.0 Å². The van der Waals surface area contributed by atoms with Crippen LogP contribution < -0.4 is 4.72 Å². The lowest BCUT2D eigenvalue weighted by Crippen LogP contribution is -2.14. The minimum Gasteiger partial charge on any atom is -0.507 e. The molecule has 5 nitrogen and oxygen atoms in total. The van der Waals surface area contributed by atoms with Crippen LogP contribution in [0.5, 0.6) is 11.5 Å². The standard InChI is InChI=1S/C18H17NO4S/c1-2-24(22,23)19-13-8-10-16(20)15(11-13)18-14-6-4-3-5-12(14)7-9-17(18)21/h3-11,19-21H,2H2,1H3. The quantitative estimate of drug-likeness (QED) is 0.631. The molecule has 0 atom stereocenters. The van der Waals surface area contributed by atoms with Crippen molar-refractivity contribution < 1.29 is 18.6 Å². The van der Waals surface area contributed by atoms with Crippen LogP contribution >= 0.6 is 0 Å². The topological polar surface area (TPSA) is 86.6 Å². The van der Waals surface area contributed by atoms with Gasteiger partial charge in [-0.15, -0.1) is 0 Å². The summed E-state index contributed by atoms with van der Waals surface area (Å²) in [5.41, 5.74) is 1.15. The van der Waals surface area contributed by atoms with Gasteiger partial charge < -0.3 is 10.2 Å². The maximum absolute atomic E-state index is 11.8. The van der Waals surface area contributed by atoms with Crippen LogP contribution in [-0.2, 0) is 10.0 Å². The molecule has 3 rings (SSSR count). The molecule has 24 heavy (non-hydrogen) atoms. The molecule has 124 valence electrons. The Morgan fingerprint density at radius 1 is 0.958 bits per heavy atom. The maximum atomic E-state index is 11.8. The van der Waals surface area contributed by atoms with Crippen molar-refractivity contribution in [2.45, 2.75) is 6.92 Å². The van der Waals surface area contributed by atoms with E-state index in [2.05, 4.69) is 4.72 Å². The highest BCUT2D eigenvalue weighted by atomic mass is 32.2. The number of hydrogen-bond donors (Lipinski definition) is 3. The Hall–Kier alpha value is -2.73. The predicted molar refractivity (Wildman–Crippen MR) is 95.8 cm³/mol. The summed E-state index contributed by atoms with van der Waals surface area (Å²) in [4.78, 5) is 0. The van der Waals surface area contributed by atoms with E-state index < -0.39 is 10.0 Å². The van der Waals surface area contributed by atoms with Crippen molar-refractivity contribution in [3.8, 4) is 22.6 Å². The van der Waals surface area contributed by atoms with Crippen LogP contribution in [0.4, 0.5) is 5.69 Å². The van der Waals surface area contributed by atoms with E-state index in [-0.39, 0.29) is 17.3 Å². The number of anilines is 1. The number of sulfonamides is 1. The van der Waals surface area contributed by atoms with Crippen molar-refractivity contribution in [1.82, 2.24) is 0 Å². The van der Waals surface area contributed by atoms with Gasteiger partial charge >= 0.3 is 0 Å². The first-order valence-corrected chi connectivity index (χ1v) is 9.11. The van der Waals surface area contributed by atoms with Crippen molar-refractivity contribution in [3.05, 3.63) is 54.6 Å². The molecule has 0 aliphatic heterocycles. The van der Waals surface area contributed by atoms with Gasteiger partial charge in [0.1, 0.15) is 11.5 Å². The van der Waals surface area contributed by atoms with E-state index in [0.717, 1.165) is 10.8 Å². The molecule has 0 heterocycles. The summed E-state index contributed by atoms with van der Waals surface area (Å²) < 4.78 is 26.0. The van der Waals surface area contributed by atoms with Crippen LogP contribution in [0.1, 0.15) is 6.92 Å². The summed E-state index contributed by atoms with van der Waals surface area (Å²) in [5, 5.41) is 22.2. The number of benzene rings is 3. The van der Waals surface area contributed by atoms with Crippen molar-refractivity contribution in [3.63, 3.8) is 0 Å². The molecule has 0 unspecified atom stereocenters. The van der Waals surface area contributed by atoms with Gasteiger partial charge in [0.15, 0.2) is 0 Å². The summed E-state index contributed by atoms with van der Waals surface area (Å²) in [6.45, 7) is 1.54. The van der Waals surface area contributed by atoms with E-state index in [9.17, 15) is 18.6 Å². The second kappa shape index (κ2) is 6.05. The molecule has 3 N–H and O–H groups in total. The predicted octanol–water partition coefficient (Wildman–Crippen LogP) is 3.68. The second-order valence-corrected chi connectivity index (χ2v) is 7.43. The third-order valence-electron chi connectivity index (χ3n) is 3.83. The average Bonchev–Trinajstić information content (AvgIpc) is 2.57. The first-order valence-electron chi connectivity index (χ1n) is 7.46. The molecule has 0 bridgehead atoms. The number of aromatic hydroxyl groups is 2. The molecule has 0 radical (unpaired) electrons. The molecule has 0 aliphatic carbocycles. The fraction of sp³-hybridized carbons (Fsp3) is 0.111. The van der Waals surface area contributed by atoms with Gasteiger partial charge in [0, 0.05) is 16.8 Å². The molecule has 0 saturated carbocycles. The molecule has 3 aromatic rings. The Morgan fingerprint density at radius 3 is 2.42 bits per heavy atom. The van der Waals surface area contributed by atoms with E-state index in [1.807, 2.05) is 24.3 Å². The first kappa shape index (κ1) is 16.1. The van der Waals surface area contributed by atoms with Crippen molar-refractivity contribution in [2.75, 3.05) is 10.5 Å². The SMILES string of the molecule is CCS(=O)(=O)Nc1ccc(O)c(-c2c(O)ccc3ccccc23)c1. The van der Waals surface area contributed by atoms with Gasteiger partial charge in [-0.2, -0.15) is 0 Å². The van der Waals surface area contributed by atoms with E-state index in [1.165, 1.54) is 18.2 Å². The lowest BCUT2D eigenvalue weighted by atomic mass is 9.96. The summed E-state index contributed by atoms with van der Waals surface area (Å²) in [6, 6.07) is 15.2. The summed E-state index contributed by atoms with van der Waals surface area (Å²) >= 11 is 0. The highest BCUT2D eigenvalue weighted by molar-refractivity contribution is 7.92. The monoisotopic (exact) mass is 343 g/mol. The lowest BCUT2D eigenvalue weighted by Gasteiger charge is -2.13. The Bertz CT molecular complexity index is 1010.